The van der Waals surface area contributed by atoms with Gasteiger partial charge in [-0.05, 0) is 73.7 Å². The highest BCUT2D eigenvalue weighted by molar-refractivity contribution is 6.01. The van der Waals surface area contributed by atoms with Crippen LogP contribution in [0.5, 0.6) is 11.5 Å². The molecule has 15 heteroatoms. The van der Waals surface area contributed by atoms with E-state index in [0.29, 0.717) is 59.7 Å². The van der Waals surface area contributed by atoms with Crippen LogP contribution in [0.25, 0.3) is 22.0 Å². The van der Waals surface area contributed by atoms with Crippen LogP contribution >= 0.6 is 0 Å². The number of hydrogen-bond donors (Lipinski definition) is 5. The van der Waals surface area contributed by atoms with Crippen LogP contribution in [0.2, 0.25) is 0 Å². The number of amides is 3. The Hall–Kier alpha value is -5.28. The maximum absolute atomic E-state index is 15.1. The minimum absolute atomic E-state index is 0.0841. The first kappa shape index (κ1) is 35.5. The van der Waals surface area contributed by atoms with E-state index in [1.54, 1.807) is 45.8 Å². The van der Waals surface area contributed by atoms with Crippen LogP contribution in [0, 0.1) is 5.82 Å². The number of benzene rings is 2. The van der Waals surface area contributed by atoms with Crippen molar-refractivity contribution >= 4 is 34.3 Å². The molecule has 2 aromatic heterocycles. The molecule has 5 N–H and O–H groups in total. The van der Waals surface area contributed by atoms with E-state index in [9.17, 15) is 19.2 Å². The molecule has 0 aliphatic carbocycles. The van der Waals surface area contributed by atoms with E-state index in [-0.39, 0.29) is 42.1 Å². The number of hydrogen-bond acceptors (Lipinski definition) is 10. The molecule has 1 atom stereocenters. The van der Waals surface area contributed by atoms with Gasteiger partial charge in [-0.2, -0.15) is 5.10 Å². The van der Waals surface area contributed by atoms with Gasteiger partial charge in [0.15, 0.2) is 0 Å². The molecule has 6 rings (SSSR count). The quantitative estimate of drug-likeness (QED) is 0.130. The number of aromatic amines is 1. The number of imide groups is 1. The number of ether oxygens (including phenoxy) is 2. The van der Waals surface area contributed by atoms with Crippen molar-refractivity contribution in [2.45, 2.75) is 44.2 Å². The molecule has 2 fully saturated rings. The van der Waals surface area contributed by atoms with Crippen molar-refractivity contribution < 1.29 is 28.2 Å². The number of halogens is 1. The van der Waals surface area contributed by atoms with E-state index in [1.807, 2.05) is 12.1 Å². The summed E-state index contributed by atoms with van der Waals surface area (Å²) in [6.07, 6.45) is 5.59. The van der Waals surface area contributed by atoms with E-state index >= 15 is 4.39 Å². The highest BCUT2D eigenvalue weighted by Gasteiger charge is 2.27. The third-order valence-electron chi connectivity index (χ3n) is 9.65. The lowest BCUT2D eigenvalue weighted by atomic mass is 9.89. The lowest BCUT2D eigenvalue weighted by Crippen LogP contribution is -2.47. The zero-order valence-corrected chi connectivity index (χ0v) is 28.9. The number of H-pyrrole nitrogens is 1. The highest BCUT2D eigenvalue weighted by atomic mass is 19.1. The topological polar surface area (TPSA) is 172 Å². The molecular formula is C36H43FN8O6. The average Bonchev–Trinajstić information content (AvgIpc) is 3.62. The van der Waals surface area contributed by atoms with Gasteiger partial charge in [-0.1, -0.05) is 6.07 Å². The second kappa shape index (κ2) is 15.7. The molecular weight excluding hydrogens is 659 g/mol. The van der Waals surface area contributed by atoms with Crippen LogP contribution in [0.3, 0.4) is 0 Å². The van der Waals surface area contributed by atoms with E-state index in [4.69, 9.17) is 9.47 Å². The standard InChI is InChI=1S/C36H43FN8O6/c1-44-20-27(25-18-40-43-34(25)36(44)49)22-14-30(50-2)26(31(15-22)51-3)17-38-19-33(47)39-10-13-45-11-8-21(9-12-45)24-5-4-23(16-28(24)37)41-29-6-7-32(46)42-35(29)48/h4-5,14-16,18,20-21,29,38,41H,6-13,17,19H2,1-3H3,(H,39,47)(H,40,43)(H,42,46,48). The van der Waals surface area contributed by atoms with Gasteiger partial charge >= 0.3 is 0 Å². The maximum atomic E-state index is 15.1. The molecule has 0 saturated carbocycles. The van der Waals surface area contributed by atoms with E-state index < -0.39 is 11.9 Å². The number of aryl methyl sites for hydroxylation is 1. The number of aromatic nitrogens is 3. The van der Waals surface area contributed by atoms with Gasteiger partial charge in [-0.3, -0.25) is 29.6 Å². The smallest absolute Gasteiger partial charge is 0.276 e. The van der Waals surface area contributed by atoms with Crippen molar-refractivity contribution in [2.75, 3.05) is 52.3 Å². The molecule has 3 amide bonds. The second-order valence-electron chi connectivity index (χ2n) is 12.9. The number of rotatable bonds is 13. The number of pyridine rings is 1. The molecule has 14 nitrogen and oxygen atoms in total. The predicted octanol–water partition coefficient (Wildman–Crippen LogP) is 2.39. The van der Waals surface area contributed by atoms with E-state index in [0.717, 1.165) is 42.6 Å². The summed E-state index contributed by atoms with van der Waals surface area (Å²) in [6.45, 7) is 3.18. The Labute approximate surface area is 294 Å². The zero-order chi connectivity index (χ0) is 36.1. The Morgan fingerprint density at radius 3 is 2.49 bits per heavy atom. The molecule has 2 aromatic carbocycles. The molecule has 2 aliphatic rings. The molecule has 0 bridgehead atoms. The third kappa shape index (κ3) is 8.05. The SMILES string of the molecule is COc1cc(-c2cn(C)c(=O)c3[nH]ncc23)cc(OC)c1CNCC(=O)NCCN1CCC(c2ccc(NC3CCC(=O)NC3=O)cc2F)CC1. The Kier molecular flexibility index (Phi) is 11.0. The molecule has 1 unspecified atom stereocenters. The Morgan fingerprint density at radius 1 is 1.06 bits per heavy atom. The summed E-state index contributed by atoms with van der Waals surface area (Å²) >= 11 is 0. The largest absolute Gasteiger partial charge is 0.496 e. The lowest BCUT2D eigenvalue weighted by molar-refractivity contribution is -0.133. The Balaban J connectivity index is 0.951. The number of nitrogens with zero attached hydrogens (tertiary/aromatic N) is 3. The molecule has 4 aromatic rings. The first-order chi connectivity index (χ1) is 24.6. The summed E-state index contributed by atoms with van der Waals surface area (Å²) in [5, 5.41) is 19.0. The van der Waals surface area contributed by atoms with Crippen LogP contribution in [-0.4, -0.2) is 90.4 Å². The Bertz CT molecular complexity index is 1960. The second-order valence-corrected chi connectivity index (χ2v) is 12.9. The van der Waals surface area contributed by atoms with Gasteiger partial charge in [0.05, 0.1) is 27.0 Å². The van der Waals surface area contributed by atoms with Crippen LogP contribution in [0.1, 0.15) is 42.7 Å². The maximum Gasteiger partial charge on any atom is 0.276 e. The highest BCUT2D eigenvalue weighted by Crippen LogP contribution is 2.37. The fourth-order valence-electron chi connectivity index (χ4n) is 6.86. The number of fused-ring (bicyclic) bond motifs is 1. The number of carbonyl (C=O) groups is 3. The van der Waals surface area contributed by atoms with Gasteiger partial charge < -0.3 is 34.9 Å². The van der Waals surface area contributed by atoms with Gasteiger partial charge in [0.1, 0.15) is 28.9 Å². The normalized spacial score (nSPS) is 17.0. The minimum atomic E-state index is -0.562. The number of likely N-dealkylation sites (tertiary alicyclic amines) is 1. The lowest BCUT2D eigenvalue weighted by Gasteiger charge is -2.32. The van der Waals surface area contributed by atoms with E-state index in [2.05, 4.69) is 36.4 Å². The van der Waals surface area contributed by atoms with Gasteiger partial charge in [-0.15, -0.1) is 0 Å². The van der Waals surface area contributed by atoms with Crippen molar-refractivity contribution in [3.05, 3.63) is 70.0 Å². The van der Waals surface area contributed by atoms with Crippen LogP contribution in [0.4, 0.5) is 10.1 Å². The number of methoxy groups -OCH3 is 2. The van der Waals surface area contributed by atoms with Crippen molar-refractivity contribution in [1.29, 1.82) is 0 Å². The zero-order valence-electron chi connectivity index (χ0n) is 28.9. The van der Waals surface area contributed by atoms with E-state index in [1.165, 1.54) is 10.6 Å². The monoisotopic (exact) mass is 702 g/mol. The van der Waals surface area contributed by atoms with Gasteiger partial charge in [0.2, 0.25) is 17.7 Å². The minimum Gasteiger partial charge on any atom is -0.496 e. The van der Waals surface area contributed by atoms with Gasteiger partial charge in [0.25, 0.3) is 5.56 Å². The summed E-state index contributed by atoms with van der Waals surface area (Å²) in [7, 11) is 4.83. The number of carbonyl (C=O) groups excluding carboxylic acids is 3. The summed E-state index contributed by atoms with van der Waals surface area (Å²) in [5.74, 6) is 0.103. The molecule has 270 valence electrons. The predicted molar refractivity (Wildman–Crippen MR) is 189 cm³/mol. The first-order valence-electron chi connectivity index (χ1n) is 17.0. The fourth-order valence-corrected chi connectivity index (χ4v) is 6.86. The van der Waals surface area contributed by atoms with Gasteiger partial charge in [0, 0.05) is 61.5 Å². The van der Waals surface area contributed by atoms with Crippen LogP contribution in [0.15, 0.2) is 47.5 Å². The van der Waals surface area contributed by atoms with Crippen molar-refractivity contribution in [2.24, 2.45) is 7.05 Å². The first-order valence-corrected chi connectivity index (χ1v) is 17.0. The summed E-state index contributed by atoms with van der Waals surface area (Å²) in [6, 6.07) is 8.17. The van der Waals surface area contributed by atoms with Crippen molar-refractivity contribution in [3.8, 4) is 22.6 Å². The molecule has 2 saturated heterocycles. The molecule has 51 heavy (non-hydrogen) atoms. The number of piperidine rings is 2. The van der Waals surface area contributed by atoms with Crippen LogP contribution in [-0.2, 0) is 28.0 Å². The molecule has 0 radical (unpaired) electrons. The third-order valence-corrected chi connectivity index (χ3v) is 9.65. The summed E-state index contributed by atoms with van der Waals surface area (Å²) < 4.78 is 28.0. The average molecular weight is 703 g/mol. The van der Waals surface area contributed by atoms with Gasteiger partial charge in [-0.25, -0.2) is 4.39 Å². The Morgan fingerprint density at radius 2 is 1.80 bits per heavy atom. The fraction of sp³-hybridized carbons (Fsp3) is 0.417. The van der Waals surface area contributed by atoms with Crippen molar-refractivity contribution in [1.82, 2.24) is 35.6 Å². The molecule has 2 aliphatic heterocycles. The number of nitrogens with one attached hydrogen (secondary N) is 5. The summed E-state index contributed by atoms with van der Waals surface area (Å²) in [4.78, 5) is 50.9. The molecule has 4 heterocycles. The van der Waals surface area contributed by atoms with Crippen LogP contribution < -0.4 is 36.3 Å². The summed E-state index contributed by atoms with van der Waals surface area (Å²) in [5.41, 5.74) is 3.75. The number of anilines is 1. The molecule has 0 spiro atoms. The van der Waals surface area contributed by atoms with Crippen molar-refractivity contribution in [3.63, 3.8) is 0 Å².